The van der Waals surface area contributed by atoms with E-state index in [1.54, 1.807) is 0 Å². The minimum Gasteiger partial charge on any atom is -0.357 e. The van der Waals surface area contributed by atoms with Crippen LogP contribution in [0.5, 0.6) is 0 Å². The van der Waals surface area contributed by atoms with Gasteiger partial charge in [0.15, 0.2) is 0 Å². The van der Waals surface area contributed by atoms with Crippen molar-refractivity contribution in [2.24, 2.45) is 5.84 Å². The van der Waals surface area contributed by atoms with Gasteiger partial charge in [0, 0.05) is 19.2 Å². The summed E-state index contributed by atoms with van der Waals surface area (Å²) in [5, 5.41) is 0. The average molecular weight is 207 g/mol. The highest BCUT2D eigenvalue weighted by Gasteiger charge is 2.20. The van der Waals surface area contributed by atoms with Gasteiger partial charge in [-0.15, -0.1) is 0 Å². The van der Waals surface area contributed by atoms with Crippen LogP contribution in [0.2, 0.25) is 0 Å². The molecule has 1 heterocycles. The van der Waals surface area contributed by atoms with E-state index >= 15 is 0 Å². The summed E-state index contributed by atoms with van der Waals surface area (Å²) in [7, 11) is 2.08. The van der Waals surface area contributed by atoms with Crippen LogP contribution >= 0.6 is 0 Å². The van der Waals surface area contributed by atoms with Crippen molar-refractivity contribution in [3.8, 4) is 0 Å². The maximum Gasteiger partial charge on any atom is 0.145 e. The summed E-state index contributed by atoms with van der Waals surface area (Å²) in [5.74, 6) is 6.91. The standard InChI is InChI=1S/C10H17N5/c1-15(8-4-2-3-5-8)10-6-9(14-11)12-7-13-10/h6-8H,2-5,11H2,1H3,(H,12,13,14). The molecule has 0 spiro atoms. The van der Waals surface area contributed by atoms with Crippen molar-refractivity contribution in [1.82, 2.24) is 9.97 Å². The number of hydrogen-bond acceptors (Lipinski definition) is 5. The molecule has 0 amide bonds. The van der Waals surface area contributed by atoms with E-state index in [-0.39, 0.29) is 0 Å². The summed E-state index contributed by atoms with van der Waals surface area (Å²) in [6.07, 6.45) is 6.69. The van der Waals surface area contributed by atoms with Crippen molar-refractivity contribution < 1.29 is 0 Å². The molecule has 0 bridgehead atoms. The Kier molecular flexibility index (Phi) is 3.01. The Balaban J connectivity index is 2.13. The molecule has 1 aromatic rings. The van der Waals surface area contributed by atoms with Crippen LogP contribution in [0.4, 0.5) is 11.6 Å². The number of aromatic nitrogens is 2. The first-order chi connectivity index (χ1) is 7.31. The van der Waals surface area contributed by atoms with Gasteiger partial charge in [-0.2, -0.15) is 0 Å². The molecule has 0 unspecified atom stereocenters. The van der Waals surface area contributed by atoms with Crippen molar-refractivity contribution in [3.63, 3.8) is 0 Å². The second kappa shape index (κ2) is 4.44. The second-order valence-electron chi connectivity index (χ2n) is 3.95. The van der Waals surface area contributed by atoms with Gasteiger partial charge in [-0.05, 0) is 12.8 Å². The number of nitrogens with zero attached hydrogens (tertiary/aromatic N) is 3. The Morgan fingerprint density at radius 1 is 1.40 bits per heavy atom. The molecule has 1 fully saturated rings. The van der Waals surface area contributed by atoms with Crippen molar-refractivity contribution in [2.75, 3.05) is 17.4 Å². The fourth-order valence-corrected chi connectivity index (χ4v) is 2.10. The van der Waals surface area contributed by atoms with Gasteiger partial charge in [-0.3, -0.25) is 0 Å². The van der Waals surface area contributed by atoms with Crippen molar-refractivity contribution in [3.05, 3.63) is 12.4 Å². The fourth-order valence-electron chi connectivity index (χ4n) is 2.10. The van der Waals surface area contributed by atoms with Gasteiger partial charge in [0.1, 0.15) is 18.0 Å². The summed E-state index contributed by atoms with van der Waals surface area (Å²) >= 11 is 0. The van der Waals surface area contributed by atoms with Gasteiger partial charge in [0.05, 0.1) is 0 Å². The number of anilines is 2. The quantitative estimate of drug-likeness (QED) is 0.574. The van der Waals surface area contributed by atoms with Crippen LogP contribution in [-0.4, -0.2) is 23.1 Å². The van der Waals surface area contributed by atoms with Crippen LogP contribution in [0, 0.1) is 0 Å². The molecule has 1 saturated carbocycles. The Morgan fingerprint density at radius 3 is 2.80 bits per heavy atom. The largest absolute Gasteiger partial charge is 0.357 e. The number of hydrazine groups is 1. The minimum absolute atomic E-state index is 0.616. The maximum absolute atomic E-state index is 5.31. The van der Waals surface area contributed by atoms with E-state index in [4.69, 9.17) is 5.84 Å². The average Bonchev–Trinajstić information content (AvgIpc) is 2.81. The lowest BCUT2D eigenvalue weighted by molar-refractivity contribution is 0.646. The highest BCUT2D eigenvalue weighted by atomic mass is 15.3. The molecule has 1 aliphatic rings. The summed E-state index contributed by atoms with van der Waals surface area (Å²) in [6.45, 7) is 0. The molecule has 0 aliphatic heterocycles. The molecule has 15 heavy (non-hydrogen) atoms. The monoisotopic (exact) mass is 207 g/mol. The van der Waals surface area contributed by atoms with E-state index in [1.165, 1.54) is 32.0 Å². The van der Waals surface area contributed by atoms with E-state index < -0.39 is 0 Å². The molecule has 1 aromatic heterocycles. The smallest absolute Gasteiger partial charge is 0.145 e. The van der Waals surface area contributed by atoms with Gasteiger partial charge >= 0.3 is 0 Å². The molecule has 0 saturated heterocycles. The van der Waals surface area contributed by atoms with Gasteiger partial charge in [0.2, 0.25) is 0 Å². The lowest BCUT2D eigenvalue weighted by atomic mass is 10.2. The van der Waals surface area contributed by atoms with Gasteiger partial charge in [0.25, 0.3) is 0 Å². The first kappa shape index (κ1) is 10.2. The van der Waals surface area contributed by atoms with Crippen molar-refractivity contribution in [2.45, 2.75) is 31.7 Å². The first-order valence-electron chi connectivity index (χ1n) is 5.33. The number of nitrogens with two attached hydrogens (primary N) is 1. The van der Waals surface area contributed by atoms with Crippen molar-refractivity contribution >= 4 is 11.6 Å². The lowest BCUT2D eigenvalue weighted by Gasteiger charge is -2.25. The van der Waals surface area contributed by atoms with Crippen LogP contribution in [0.15, 0.2) is 12.4 Å². The van der Waals surface area contributed by atoms with Crippen LogP contribution in [0.25, 0.3) is 0 Å². The van der Waals surface area contributed by atoms with E-state index in [0.29, 0.717) is 11.9 Å². The fraction of sp³-hybridized carbons (Fsp3) is 0.600. The zero-order valence-electron chi connectivity index (χ0n) is 8.98. The van der Waals surface area contributed by atoms with E-state index in [9.17, 15) is 0 Å². The third-order valence-corrected chi connectivity index (χ3v) is 3.03. The summed E-state index contributed by atoms with van der Waals surface area (Å²) in [4.78, 5) is 10.5. The third-order valence-electron chi connectivity index (χ3n) is 3.03. The van der Waals surface area contributed by atoms with E-state index in [2.05, 4.69) is 27.3 Å². The Morgan fingerprint density at radius 2 is 2.13 bits per heavy atom. The molecule has 5 nitrogen and oxygen atoms in total. The highest BCUT2D eigenvalue weighted by Crippen LogP contribution is 2.26. The predicted molar refractivity (Wildman–Crippen MR) is 60.5 cm³/mol. The zero-order chi connectivity index (χ0) is 10.7. The molecule has 82 valence electrons. The molecule has 0 aromatic carbocycles. The number of nitrogen functional groups attached to an aromatic ring is 1. The summed E-state index contributed by atoms with van der Waals surface area (Å²) < 4.78 is 0. The molecule has 0 atom stereocenters. The molecule has 3 N–H and O–H groups in total. The Hall–Kier alpha value is -1.36. The minimum atomic E-state index is 0.616. The number of nitrogens with one attached hydrogen (secondary N) is 1. The molecular weight excluding hydrogens is 190 g/mol. The second-order valence-corrected chi connectivity index (χ2v) is 3.95. The zero-order valence-corrected chi connectivity index (χ0v) is 8.98. The molecular formula is C10H17N5. The lowest BCUT2D eigenvalue weighted by Crippen LogP contribution is -2.29. The molecule has 0 radical (unpaired) electrons. The highest BCUT2D eigenvalue weighted by molar-refractivity contribution is 5.47. The first-order valence-corrected chi connectivity index (χ1v) is 5.33. The van der Waals surface area contributed by atoms with Crippen molar-refractivity contribution in [1.29, 1.82) is 0 Å². The molecule has 1 aliphatic carbocycles. The number of hydrogen-bond donors (Lipinski definition) is 2. The Labute approximate surface area is 89.7 Å². The van der Waals surface area contributed by atoms with Crippen LogP contribution < -0.4 is 16.2 Å². The number of rotatable bonds is 3. The van der Waals surface area contributed by atoms with Gasteiger partial charge in [-0.1, -0.05) is 12.8 Å². The maximum atomic E-state index is 5.31. The van der Waals surface area contributed by atoms with Crippen LogP contribution in [0.3, 0.4) is 0 Å². The Bertz CT molecular complexity index is 321. The van der Waals surface area contributed by atoms with Gasteiger partial charge in [-0.25, -0.2) is 15.8 Å². The SMILES string of the molecule is CN(c1cc(NN)ncn1)C1CCCC1. The summed E-state index contributed by atoms with van der Waals surface area (Å²) in [5.41, 5.74) is 2.54. The van der Waals surface area contributed by atoms with Crippen LogP contribution in [-0.2, 0) is 0 Å². The predicted octanol–water partition coefficient (Wildman–Crippen LogP) is 1.14. The normalized spacial score (nSPS) is 16.7. The molecule has 5 heteroatoms. The summed E-state index contributed by atoms with van der Waals surface area (Å²) in [6, 6.07) is 2.49. The topological polar surface area (TPSA) is 67.1 Å². The van der Waals surface area contributed by atoms with Crippen LogP contribution in [0.1, 0.15) is 25.7 Å². The van der Waals surface area contributed by atoms with E-state index in [0.717, 1.165) is 5.82 Å². The molecule has 2 rings (SSSR count). The van der Waals surface area contributed by atoms with Gasteiger partial charge < -0.3 is 10.3 Å². The van der Waals surface area contributed by atoms with E-state index in [1.807, 2.05) is 6.07 Å². The third kappa shape index (κ3) is 2.18.